The number of carbonyl (C=O) groups excluding carboxylic acids is 2. The Morgan fingerprint density at radius 2 is 2.04 bits per heavy atom. The smallest absolute Gasteiger partial charge is 0.257 e. The Bertz CT molecular complexity index is 726. The van der Waals surface area contributed by atoms with Crippen LogP contribution in [0.2, 0.25) is 0 Å². The molecule has 1 atom stereocenters. The summed E-state index contributed by atoms with van der Waals surface area (Å²) >= 11 is 0. The predicted octanol–water partition coefficient (Wildman–Crippen LogP) is 3.27. The summed E-state index contributed by atoms with van der Waals surface area (Å²) in [4.78, 5) is 26.9. The third kappa shape index (κ3) is 4.18. The Labute approximate surface area is 160 Å². The molecule has 4 rings (SSSR count). The fourth-order valence-corrected chi connectivity index (χ4v) is 4.30. The molecular weight excluding hydrogens is 340 g/mol. The Morgan fingerprint density at radius 3 is 2.81 bits per heavy atom. The fourth-order valence-electron chi connectivity index (χ4n) is 4.30. The summed E-state index contributed by atoms with van der Waals surface area (Å²) in [5.41, 5.74) is 1.07. The molecule has 0 radical (unpaired) electrons. The van der Waals surface area contributed by atoms with Crippen molar-refractivity contribution >= 4 is 11.8 Å². The predicted molar refractivity (Wildman–Crippen MR) is 103 cm³/mol. The number of amides is 2. The zero-order valence-electron chi connectivity index (χ0n) is 15.8. The van der Waals surface area contributed by atoms with Gasteiger partial charge in [0.1, 0.15) is 5.75 Å². The van der Waals surface area contributed by atoms with E-state index in [0.717, 1.165) is 32.2 Å². The number of rotatable bonds is 7. The molecule has 2 aliphatic carbocycles. The van der Waals surface area contributed by atoms with E-state index in [-0.39, 0.29) is 23.8 Å². The van der Waals surface area contributed by atoms with Gasteiger partial charge in [-0.3, -0.25) is 9.59 Å². The first kappa shape index (κ1) is 18.1. The molecule has 1 unspecified atom stereocenters. The minimum Gasteiger partial charge on any atom is -0.484 e. The highest BCUT2D eigenvalue weighted by Crippen LogP contribution is 2.47. The maximum atomic E-state index is 12.5. The molecular formula is C22H28N2O3. The van der Waals surface area contributed by atoms with E-state index < -0.39 is 0 Å². The zero-order chi connectivity index (χ0) is 18.7. The van der Waals surface area contributed by atoms with Crippen LogP contribution in [0.4, 0.5) is 0 Å². The number of nitrogens with one attached hydrogen (secondary N) is 1. The van der Waals surface area contributed by atoms with Crippen LogP contribution < -0.4 is 10.1 Å². The largest absolute Gasteiger partial charge is 0.484 e. The highest BCUT2D eigenvalue weighted by Gasteiger charge is 2.45. The number of carbonyl (C=O) groups is 2. The molecule has 1 saturated heterocycles. The molecule has 144 valence electrons. The van der Waals surface area contributed by atoms with E-state index in [1.54, 1.807) is 0 Å². The van der Waals surface area contributed by atoms with Gasteiger partial charge in [-0.05, 0) is 56.6 Å². The summed E-state index contributed by atoms with van der Waals surface area (Å²) in [5, 5.41) is 3.07. The molecule has 5 heteroatoms. The number of hydrogen-bond acceptors (Lipinski definition) is 3. The third-order valence-corrected chi connectivity index (χ3v) is 6.02. The summed E-state index contributed by atoms with van der Waals surface area (Å²) in [5.74, 6) is 1.51. The highest BCUT2D eigenvalue weighted by molar-refractivity contribution is 5.80. The topological polar surface area (TPSA) is 58.6 Å². The quantitative estimate of drug-likeness (QED) is 0.804. The van der Waals surface area contributed by atoms with Crippen molar-refractivity contribution in [2.24, 2.45) is 11.3 Å². The maximum absolute atomic E-state index is 12.5. The van der Waals surface area contributed by atoms with Crippen molar-refractivity contribution in [1.29, 1.82) is 0 Å². The number of allylic oxidation sites excluding steroid dienone is 1. The first-order chi connectivity index (χ1) is 13.2. The first-order valence-corrected chi connectivity index (χ1v) is 10.1. The van der Waals surface area contributed by atoms with Gasteiger partial charge in [-0.2, -0.15) is 0 Å². The maximum Gasteiger partial charge on any atom is 0.257 e. The molecule has 2 amide bonds. The van der Waals surface area contributed by atoms with Crippen LogP contribution in [0, 0.1) is 11.3 Å². The highest BCUT2D eigenvalue weighted by atomic mass is 16.5. The SMILES string of the molecule is O=C(COc1ccccc1)NCC12CCCC=C1N(CC1CC1)C(=O)CC2. The van der Waals surface area contributed by atoms with Crippen LogP contribution in [0.25, 0.3) is 0 Å². The summed E-state index contributed by atoms with van der Waals surface area (Å²) in [6, 6.07) is 9.38. The minimum absolute atomic E-state index is 0.0177. The molecule has 5 nitrogen and oxygen atoms in total. The normalized spacial score (nSPS) is 24.8. The van der Waals surface area contributed by atoms with Crippen molar-refractivity contribution in [2.75, 3.05) is 19.7 Å². The van der Waals surface area contributed by atoms with Gasteiger partial charge in [0.25, 0.3) is 5.91 Å². The molecule has 1 N–H and O–H groups in total. The van der Waals surface area contributed by atoms with Crippen LogP contribution in [0.5, 0.6) is 5.75 Å². The summed E-state index contributed by atoms with van der Waals surface area (Å²) in [7, 11) is 0. The summed E-state index contributed by atoms with van der Waals surface area (Å²) < 4.78 is 5.55. The van der Waals surface area contributed by atoms with E-state index in [1.165, 1.54) is 18.5 Å². The van der Waals surface area contributed by atoms with Gasteiger partial charge in [0.05, 0.1) is 0 Å². The summed E-state index contributed by atoms with van der Waals surface area (Å²) in [6.45, 7) is 1.46. The van der Waals surface area contributed by atoms with E-state index in [4.69, 9.17) is 4.74 Å². The van der Waals surface area contributed by atoms with Crippen molar-refractivity contribution < 1.29 is 14.3 Å². The number of ether oxygens (including phenoxy) is 1. The molecule has 27 heavy (non-hydrogen) atoms. The molecule has 1 saturated carbocycles. The lowest BCUT2D eigenvalue weighted by Gasteiger charge is -2.47. The Hall–Kier alpha value is -2.30. The average Bonchev–Trinajstić information content (AvgIpc) is 3.52. The third-order valence-electron chi connectivity index (χ3n) is 6.02. The van der Waals surface area contributed by atoms with Gasteiger partial charge >= 0.3 is 0 Å². The Balaban J connectivity index is 1.38. The monoisotopic (exact) mass is 368 g/mol. The van der Waals surface area contributed by atoms with E-state index in [1.807, 2.05) is 35.2 Å². The molecule has 0 bridgehead atoms. The summed E-state index contributed by atoms with van der Waals surface area (Å²) in [6.07, 6.45) is 9.30. The second kappa shape index (κ2) is 7.75. The zero-order valence-corrected chi connectivity index (χ0v) is 15.8. The van der Waals surface area contributed by atoms with Crippen LogP contribution in [-0.4, -0.2) is 36.4 Å². The first-order valence-electron chi connectivity index (χ1n) is 10.1. The Kier molecular flexibility index (Phi) is 5.19. The van der Waals surface area contributed by atoms with Gasteiger partial charge in [-0.15, -0.1) is 0 Å². The molecule has 3 aliphatic rings. The van der Waals surface area contributed by atoms with E-state index in [0.29, 0.717) is 24.6 Å². The number of para-hydroxylation sites is 1. The van der Waals surface area contributed by atoms with Crippen molar-refractivity contribution in [3.05, 3.63) is 42.1 Å². The number of nitrogens with zero attached hydrogens (tertiary/aromatic N) is 1. The number of likely N-dealkylation sites (tertiary alicyclic amines) is 1. The van der Waals surface area contributed by atoms with Crippen LogP contribution in [0.1, 0.15) is 44.9 Å². The van der Waals surface area contributed by atoms with Crippen molar-refractivity contribution in [3.8, 4) is 5.75 Å². The van der Waals surface area contributed by atoms with Gasteiger partial charge in [-0.1, -0.05) is 24.3 Å². The van der Waals surface area contributed by atoms with Crippen molar-refractivity contribution in [2.45, 2.75) is 44.9 Å². The van der Waals surface area contributed by atoms with Gasteiger partial charge in [0.15, 0.2) is 6.61 Å². The van der Waals surface area contributed by atoms with Gasteiger partial charge in [0.2, 0.25) is 5.91 Å². The van der Waals surface area contributed by atoms with Crippen molar-refractivity contribution in [3.63, 3.8) is 0 Å². The van der Waals surface area contributed by atoms with E-state index in [9.17, 15) is 9.59 Å². The average molecular weight is 368 g/mol. The van der Waals surface area contributed by atoms with Crippen molar-refractivity contribution in [1.82, 2.24) is 10.2 Å². The lowest BCUT2D eigenvalue weighted by Crippen LogP contribution is -2.51. The Morgan fingerprint density at radius 1 is 1.22 bits per heavy atom. The standard InChI is InChI=1S/C22H28N2O3/c25-20(15-27-18-6-2-1-3-7-18)23-16-22-12-5-4-8-19(22)24(14-17-9-10-17)21(26)11-13-22/h1-3,6-8,17H,4-5,9-16H2,(H,23,25). The number of hydrogen-bond donors (Lipinski definition) is 1. The molecule has 1 aromatic rings. The van der Waals surface area contributed by atoms with Gasteiger partial charge in [0, 0.05) is 30.6 Å². The van der Waals surface area contributed by atoms with Crippen LogP contribution >= 0.6 is 0 Å². The molecule has 0 aromatic heterocycles. The van der Waals surface area contributed by atoms with Crippen LogP contribution in [-0.2, 0) is 9.59 Å². The molecule has 1 aliphatic heterocycles. The second-order valence-corrected chi connectivity index (χ2v) is 8.09. The van der Waals surface area contributed by atoms with Gasteiger partial charge in [-0.25, -0.2) is 0 Å². The molecule has 1 heterocycles. The minimum atomic E-state index is -0.108. The lowest BCUT2D eigenvalue weighted by atomic mass is 9.69. The van der Waals surface area contributed by atoms with Gasteiger partial charge < -0.3 is 15.0 Å². The molecule has 1 aromatic carbocycles. The lowest BCUT2D eigenvalue weighted by molar-refractivity contribution is -0.134. The molecule has 0 spiro atoms. The van der Waals surface area contributed by atoms with Crippen LogP contribution in [0.3, 0.4) is 0 Å². The van der Waals surface area contributed by atoms with E-state index in [2.05, 4.69) is 11.4 Å². The van der Waals surface area contributed by atoms with Crippen LogP contribution in [0.15, 0.2) is 42.1 Å². The number of fused-ring (bicyclic) bond motifs is 1. The van der Waals surface area contributed by atoms with E-state index >= 15 is 0 Å². The molecule has 2 fully saturated rings. The fraction of sp³-hybridized carbons (Fsp3) is 0.545. The number of benzene rings is 1. The second-order valence-electron chi connectivity index (χ2n) is 8.09. The number of piperidine rings is 1.